The molecule has 1 amide bonds. The maximum Gasteiger partial charge on any atom is 0.348 e. The third-order valence-corrected chi connectivity index (χ3v) is 4.62. The van der Waals surface area contributed by atoms with Crippen LogP contribution in [0, 0.1) is 0 Å². The van der Waals surface area contributed by atoms with E-state index in [2.05, 4.69) is 0 Å². The van der Waals surface area contributed by atoms with E-state index in [0.29, 0.717) is 31.8 Å². The van der Waals surface area contributed by atoms with E-state index in [1.807, 2.05) is 47.3 Å². The number of aromatic nitrogens is 1. The molecule has 0 unspecified atom stereocenters. The van der Waals surface area contributed by atoms with Crippen LogP contribution in [0.1, 0.15) is 19.3 Å². The van der Waals surface area contributed by atoms with Crippen molar-refractivity contribution in [3.63, 3.8) is 0 Å². The number of rotatable bonds is 6. The van der Waals surface area contributed by atoms with E-state index in [-0.39, 0.29) is 18.7 Å². The zero-order valence-corrected chi connectivity index (χ0v) is 14.0. The predicted molar refractivity (Wildman–Crippen MR) is 92.3 cm³/mol. The number of hydrogen-bond donors (Lipinski definition) is 1. The number of aryl methyl sites for hydroxylation is 1. The fourth-order valence-electron chi connectivity index (χ4n) is 3.09. The molecule has 1 fully saturated rings. The number of carboxylic acid groups (broad SMARTS) is 1. The summed E-state index contributed by atoms with van der Waals surface area (Å²) in [6, 6.07) is 12.8. The van der Waals surface area contributed by atoms with Gasteiger partial charge in [0.25, 0.3) is 0 Å². The van der Waals surface area contributed by atoms with Gasteiger partial charge in [0.1, 0.15) is 5.75 Å². The standard InChI is InChI=1S/C19H22N2O4/c22-17(8-13-20-11-4-5-12-20)21-14-9-19(10-15-21,18(23)24)25-16-6-2-1-3-7-16/h1-7,11-12H,8-10,13-15H2,(H,23,24). The molecule has 0 aliphatic carbocycles. The topological polar surface area (TPSA) is 71.8 Å². The lowest BCUT2D eigenvalue weighted by molar-refractivity contribution is -0.161. The van der Waals surface area contributed by atoms with E-state index in [1.165, 1.54) is 0 Å². The molecule has 1 N–H and O–H groups in total. The van der Waals surface area contributed by atoms with Gasteiger partial charge in [-0.1, -0.05) is 18.2 Å². The Hall–Kier alpha value is -2.76. The van der Waals surface area contributed by atoms with Gasteiger partial charge in [0, 0.05) is 51.3 Å². The maximum absolute atomic E-state index is 12.4. The molecule has 0 bridgehead atoms. The van der Waals surface area contributed by atoms with Gasteiger partial charge in [-0.05, 0) is 24.3 Å². The lowest BCUT2D eigenvalue weighted by Crippen LogP contribution is -2.54. The van der Waals surface area contributed by atoms with Gasteiger partial charge in [-0.3, -0.25) is 4.79 Å². The molecule has 2 heterocycles. The summed E-state index contributed by atoms with van der Waals surface area (Å²) < 4.78 is 7.77. The Kier molecular flexibility index (Phi) is 5.07. The Morgan fingerprint density at radius 1 is 1.04 bits per heavy atom. The van der Waals surface area contributed by atoms with Crippen LogP contribution >= 0.6 is 0 Å². The third-order valence-electron chi connectivity index (χ3n) is 4.62. The second-order valence-electron chi connectivity index (χ2n) is 6.27. The Bertz CT molecular complexity index is 704. The van der Waals surface area contributed by atoms with E-state index >= 15 is 0 Å². The number of carbonyl (C=O) groups excluding carboxylic acids is 1. The average Bonchev–Trinajstić information content (AvgIpc) is 3.14. The van der Waals surface area contributed by atoms with Crippen LogP contribution in [0.5, 0.6) is 5.75 Å². The van der Waals surface area contributed by atoms with Crippen LogP contribution in [-0.2, 0) is 16.1 Å². The van der Waals surface area contributed by atoms with Gasteiger partial charge in [0.15, 0.2) is 0 Å². The van der Waals surface area contributed by atoms with Crippen molar-refractivity contribution in [1.82, 2.24) is 9.47 Å². The largest absolute Gasteiger partial charge is 0.478 e. The first-order chi connectivity index (χ1) is 12.1. The van der Waals surface area contributed by atoms with E-state index in [9.17, 15) is 14.7 Å². The minimum atomic E-state index is -1.27. The highest BCUT2D eigenvalue weighted by Gasteiger charge is 2.44. The summed E-state index contributed by atoms with van der Waals surface area (Å²) in [7, 11) is 0. The number of piperidine rings is 1. The quantitative estimate of drug-likeness (QED) is 0.875. The van der Waals surface area contributed by atoms with Gasteiger partial charge >= 0.3 is 5.97 Å². The van der Waals surface area contributed by atoms with Gasteiger partial charge in [-0.15, -0.1) is 0 Å². The smallest absolute Gasteiger partial charge is 0.348 e. The van der Waals surface area contributed by atoms with Gasteiger partial charge in [0.2, 0.25) is 11.5 Å². The first-order valence-electron chi connectivity index (χ1n) is 8.45. The van der Waals surface area contributed by atoms with Crippen molar-refractivity contribution in [3.8, 4) is 5.75 Å². The molecular formula is C19H22N2O4. The normalized spacial score (nSPS) is 16.4. The number of carboxylic acids is 1. The van der Waals surface area contributed by atoms with Crippen LogP contribution in [0.4, 0.5) is 0 Å². The minimum absolute atomic E-state index is 0.0485. The minimum Gasteiger partial charge on any atom is -0.478 e. The Morgan fingerprint density at radius 2 is 1.68 bits per heavy atom. The molecule has 6 nitrogen and oxygen atoms in total. The summed E-state index contributed by atoms with van der Waals surface area (Å²) >= 11 is 0. The average molecular weight is 342 g/mol. The predicted octanol–water partition coefficient (Wildman–Crippen LogP) is 2.40. The fourth-order valence-corrected chi connectivity index (χ4v) is 3.09. The monoisotopic (exact) mass is 342 g/mol. The highest BCUT2D eigenvalue weighted by atomic mass is 16.5. The van der Waals surface area contributed by atoms with Gasteiger partial charge in [0.05, 0.1) is 0 Å². The van der Waals surface area contributed by atoms with Crippen LogP contribution in [0.3, 0.4) is 0 Å². The first kappa shape index (κ1) is 17.1. The number of para-hydroxylation sites is 1. The second kappa shape index (κ2) is 7.42. The number of amides is 1. The summed E-state index contributed by atoms with van der Waals surface area (Å²) in [6.45, 7) is 1.42. The third kappa shape index (κ3) is 4.02. The zero-order valence-electron chi connectivity index (χ0n) is 14.0. The summed E-state index contributed by atoms with van der Waals surface area (Å²) in [5.41, 5.74) is -1.27. The number of benzene rings is 1. The molecule has 0 saturated carbocycles. The molecule has 1 saturated heterocycles. The molecule has 2 aromatic rings. The van der Waals surface area contributed by atoms with Crippen molar-refractivity contribution >= 4 is 11.9 Å². The molecule has 3 rings (SSSR count). The fraction of sp³-hybridized carbons (Fsp3) is 0.368. The van der Waals surface area contributed by atoms with Crippen molar-refractivity contribution in [2.75, 3.05) is 13.1 Å². The van der Waals surface area contributed by atoms with Crippen LogP contribution in [-0.4, -0.2) is 45.1 Å². The Balaban J connectivity index is 1.58. The Labute approximate surface area is 146 Å². The molecular weight excluding hydrogens is 320 g/mol. The SMILES string of the molecule is O=C(CCn1cccc1)N1CCC(Oc2ccccc2)(C(=O)O)CC1. The molecule has 6 heteroatoms. The van der Waals surface area contributed by atoms with Crippen molar-refractivity contribution in [2.45, 2.75) is 31.4 Å². The van der Waals surface area contributed by atoms with Crippen LogP contribution in [0.25, 0.3) is 0 Å². The Morgan fingerprint density at radius 3 is 2.28 bits per heavy atom. The van der Waals surface area contributed by atoms with Crippen molar-refractivity contribution in [1.29, 1.82) is 0 Å². The van der Waals surface area contributed by atoms with E-state index in [1.54, 1.807) is 17.0 Å². The first-order valence-corrected chi connectivity index (χ1v) is 8.45. The van der Waals surface area contributed by atoms with Crippen LogP contribution in [0.15, 0.2) is 54.9 Å². The van der Waals surface area contributed by atoms with Gasteiger partial charge in [-0.25, -0.2) is 4.79 Å². The van der Waals surface area contributed by atoms with Crippen molar-refractivity contribution in [3.05, 3.63) is 54.9 Å². The van der Waals surface area contributed by atoms with Crippen LogP contribution < -0.4 is 4.74 Å². The van der Waals surface area contributed by atoms with E-state index in [0.717, 1.165) is 0 Å². The van der Waals surface area contributed by atoms with Gasteiger partial charge in [-0.2, -0.15) is 0 Å². The lowest BCUT2D eigenvalue weighted by atomic mass is 9.91. The molecule has 0 atom stereocenters. The van der Waals surface area contributed by atoms with Crippen molar-refractivity contribution < 1.29 is 19.4 Å². The highest BCUT2D eigenvalue weighted by molar-refractivity contribution is 5.80. The zero-order chi connectivity index (χ0) is 17.7. The number of ether oxygens (including phenoxy) is 1. The molecule has 0 radical (unpaired) electrons. The number of carbonyl (C=O) groups is 2. The summed E-state index contributed by atoms with van der Waals surface area (Å²) in [5, 5.41) is 9.67. The highest BCUT2D eigenvalue weighted by Crippen LogP contribution is 2.29. The van der Waals surface area contributed by atoms with E-state index < -0.39 is 11.6 Å². The maximum atomic E-state index is 12.4. The molecule has 1 aliphatic heterocycles. The molecule has 25 heavy (non-hydrogen) atoms. The number of likely N-dealkylation sites (tertiary alicyclic amines) is 1. The van der Waals surface area contributed by atoms with E-state index in [4.69, 9.17) is 4.74 Å². The molecule has 1 aromatic heterocycles. The molecule has 132 valence electrons. The number of nitrogens with zero attached hydrogens (tertiary/aromatic N) is 2. The molecule has 0 spiro atoms. The summed E-state index contributed by atoms with van der Waals surface area (Å²) in [6.07, 6.45) is 4.83. The summed E-state index contributed by atoms with van der Waals surface area (Å²) in [5.74, 6) is -0.388. The molecule has 1 aromatic carbocycles. The van der Waals surface area contributed by atoms with Crippen LogP contribution in [0.2, 0.25) is 0 Å². The summed E-state index contributed by atoms with van der Waals surface area (Å²) in [4.78, 5) is 25.9. The van der Waals surface area contributed by atoms with Gasteiger partial charge < -0.3 is 19.3 Å². The number of aliphatic carboxylic acids is 1. The second-order valence-corrected chi connectivity index (χ2v) is 6.27. The number of hydrogen-bond acceptors (Lipinski definition) is 3. The van der Waals surface area contributed by atoms with Crippen molar-refractivity contribution in [2.24, 2.45) is 0 Å². The lowest BCUT2D eigenvalue weighted by Gasteiger charge is -2.39. The molecule has 1 aliphatic rings.